The number of morpholine rings is 1. The van der Waals surface area contributed by atoms with E-state index in [9.17, 15) is 0 Å². The summed E-state index contributed by atoms with van der Waals surface area (Å²) >= 11 is 0. The molecule has 1 aromatic heterocycles. The normalized spacial score (nSPS) is 21.7. The second-order valence-corrected chi connectivity index (χ2v) is 4.52. The lowest BCUT2D eigenvalue weighted by Gasteiger charge is -2.31. The zero-order valence-electron chi connectivity index (χ0n) is 11.1. The van der Waals surface area contributed by atoms with Crippen molar-refractivity contribution in [1.29, 1.82) is 0 Å². The molecule has 2 rings (SSSR count). The zero-order chi connectivity index (χ0) is 13.7. The van der Waals surface area contributed by atoms with E-state index in [0.29, 0.717) is 19.7 Å². The van der Waals surface area contributed by atoms with E-state index in [-0.39, 0.29) is 11.9 Å². The standard InChI is InChI=1S/C11H20N6O2/c1-2-3-17-10(13-8-14-17)7-16-4-5-19-9(6-16)11(12)15-18/h8-9,18H,2-7H2,1H3,(H2,12,15). The lowest BCUT2D eigenvalue weighted by atomic mass is 10.2. The van der Waals surface area contributed by atoms with Crippen LogP contribution in [0.5, 0.6) is 0 Å². The molecule has 0 spiro atoms. The van der Waals surface area contributed by atoms with Crippen LogP contribution >= 0.6 is 0 Å². The van der Waals surface area contributed by atoms with E-state index in [4.69, 9.17) is 15.7 Å². The molecule has 19 heavy (non-hydrogen) atoms. The van der Waals surface area contributed by atoms with Crippen molar-refractivity contribution < 1.29 is 9.94 Å². The van der Waals surface area contributed by atoms with E-state index < -0.39 is 0 Å². The summed E-state index contributed by atoms with van der Waals surface area (Å²) in [6, 6.07) is 0. The Kier molecular flexibility index (Phi) is 4.69. The lowest BCUT2D eigenvalue weighted by molar-refractivity contribution is 0.0000142. The predicted octanol–water partition coefficient (Wildman–Crippen LogP) is -0.365. The Balaban J connectivity index is 1.96. The van der Waals surface area contributed by atoms with Gasteiger partial charge in [0, 0.05) is 19.6 Å². The molecule has 8 heteroatoms. The highest BCUT2D eigenvalue weighted by Gasteiger charge is 2.24. The molecule has 0 saturated carbocycles. The quantitative estimate of drug-likeness (QED) is 0.327. The maximum absolute atomic E-state index is 8.68. The molecule has 1 aliphatic rings. The van der Waals surface area contributed by atoms with Gasteiger partial charge in [0.05, 0.1) is 13.2 Å². The van der Waals surface area contributed by atoms with Crippen molar-refractivity contribution in [3.8, 4) is 0 Å². The van der Waals surface area contributed by atoms with Gasteiger partial charge in [0.25, 0.3) is 0 Å². The van der Waals surface area contributed by atoms with Crippen molar-refractivity contribution in [1.82, 2.24) is 19.7 Å². The molecule has 0 amide bonds. The Labute approximate surface area is 111 Å². The fourth-order valence-electron chi connectivity index (χ4n) is 2.10. The first-order valence-electron chi connectivity index (χ1n) is 6.42. The number of hydrogen-bond donors (Lipinski definition) is 2. The van der Waals surface area contributed by atoms with Gasteiger partial charge in [-0.05, 0) is 6.42 Å². The molecule has 1 atom stereocenters. The highest BCUT2D eigenvalue weighted by atomic mass is 16.5. The SMILES string of the molecule is CCCn1ncnc1CN1CCOC(C(N)=NO)C1. The average molecular weight is 268 g/mol. The summed E-state index contributed by atoms with van der Waals surface area (Å²) < 4.78 is 7.37. The van der Waals surface area contributed by atoms with Crippen LogP contribution in [0.1, 0.15) is 19.2 Å². The van der Waals surface area contributed by atoms with Gasteiger partial charge >= 0.3 is 0 Å². The van der Waals surface area contributed by atoms with Gasteiger partial charge in [-0.15, -0.1) is 0 Å². The molecule has 8 nitrogen and oxygen atoms in total. The van der Waals surface area contributed by atoms with Crippen LogP contribution in [0.2, 0.25) is 0 Å². The van der Waals surface area contributed by atoms with Gasteiger partial charge in [0.1, 0.15) is 18.3 Å². The molecule has 106 valence electrons. The van der Waals surface area contributed by atoms with Crippen LogP contribution in [0, 0.1) is 0 Å². The van der Waals surface area contributed by atoms with Gasteiger partial charge < -0.3 is 15.7 Å². The molecule has 0 radical (unpaired) electrons. The van der Waals surface area contributed by atoms with Crippen molar-refractivity contribution in [2.45, 2.75) is 32.5 Å². The number of aryl methyl sites for hydroxylation is 1. The minimum Gasteiger partial charge on any atom is -0.409 e. The van der Waals surface area contributed by atoms with Crippen LogP contribution in [-0.2, 0) is 17.8 Å². The van der Waals surface area contributed by atoms with E-state index in [0.717, 1.165) is 25.3 Å². The number of rotatable bonds is 5. The van der Waals surface area contributed by atoms with Crippen LogP contribution < -0.4 is 5.73 Å². The first kappa shape index (κ1) is 13.8. The maximum Gasteiger partial charge on any atom is 0.169 e. The largest absolute Gasteiger partial charge is 0.409 e. The van der Waals surface area contributed by atoms with E-state index >= 15 is 0 Å². The van der Waals surface area contributed by atoms with Gasteiger partial charge in [0.2, 0.25) is 0 Å². The van der Waals surface area contributed by atoms with E-state index in [1.54, 1.807) is 6.33 Å². The maximum atomic E-state index is 8.68. The highest BCUT2D eigenvalue weighted by molar-refractivity contribution is 5.84. The second kappa shape index (κ2) is 6.48. The smallest absolute Gasteiger partial charge is 0.169 e. The van der Waals surface area contributed by atoms with Crippen LogP contribution in [0.25, 0.3) is 0 Å². The van der Waals surface area contributed by atoms with Gasteiger partial charge in [-0.1, -0.05) is 12.1 Å². The number of ether oxygens (including phenoxy) is 1. The Morgan fingerprint density at radius 1 is 1.68 bits per heavy atom. The number of oxime groups is 1. The molecule has 1 fully saturated rings. The Hall–Kier alpha value is -1.67. The molecule has 2 heterocycles. The Morgan fingerprint density at radius 2 is 2.53 bits per heavy atom. The summed E-state index contributed by atoms with van der Waals surface area (Å²) in [6.45, 7) is 5.61. The molecule has 1 aliphatic heterocycles. The van der Waals surface area contributed by atoms with Gasteiger partial charge in [-0.25, -0.2) is 9.67 Å². The number of nitrogens with zero attached hydrogens (tertiary/aromatic N) is 5. The monoisotopic (exact) mass is 268 g/mol. The van der Waals surface area contributed by atoms with Crippen molar-refractivity contribution in [3.63, 3.8) is 0 Å². The minimum atomic E-state index is -0.360. The Morgan fingerprint density at radius 3 is 3.26 bits per heavy atom. The predicted molar refractivity (Wildman–Crippen MR) is 68.7 cm³/mol. The summed E-state index contributed by atoms with van der Waals surface area (Å²) in [7, 11) is 0. The third-order valence-corrected chi connectivity index (χ3v) is 3.09. The van der Waals surface area contributed by atoms with Gasteiger partial charge in [0.15, 0.2) is 5.84 Å². The van der Waals surface area contributed by atoms with Crippen LogP contribution in [0.3, 0.4) is 0 Å². The van der Waals surface area contributed by atoms with Crippen molar-refractivity contribution in [2.75, 3.05) is 19.7 Å². The van der Waals surface area contributed by atoms with Crippen molar-refractivity contribution >= 4 is 5.84 Å². The van der Waals surface area contributed by atoms with Crippen LogP contribution in [0.15, 0.2) is 11.5 Å². The molecule has 0 aliphatic carbocycles. The number of nitrogens with two attached hydrogens (primary N) is 1. The lowest BCUT2D eigenvalue weighted by Crippen LogP contribution is -2.48. The van der Waals surface area contributed by atoms with E-state index in [2.05, 4.69) is 27.1 Å². The number of aromatic nitrogens is 3. The second-order valence-electron chi connectivity index (χ2n) is 4.52. The van der Waals surface area contributed by atoms with E-state index in [1.165, 1.54) is 0 Å². The van der Waals surface area contributed by atoms with Crippen LogP contribution in [0.4, 0.5) is 0 Å². The Bertz CT molecular complexity index is 433. The summed E-state index contributed by atoms with van der Waals surface area (Å²) in [5.74, 6) is 1.04. The average Bonchev–Trinajstić information content (AvgIpc) is 2.86. The molecule has 0 aromatic carbocycles. The first-order chi connectivity index (χ1) is 9.24. The van der Waals surface area contributed by atoms with E-state index in [1.807, 2.05) is 4.68 Å². The fourth-order valence-corrected chi connectivity index (χ4v) is 2.10. The third kappa shape index (κ3) is 3.42. The van der Waals surface area contributed by atoms with Gasteiger partial charge in [-0.2, -0.15) is 5.10 Å². The summed E-state index contributed by atoms with van der Waals surface area (Å²) in [5.41, 5.74) is 5.58. The third-order valence-electron chi connectivity index (χ3n) is 3.09. The molecule has 1 saturated heterocycles. The highest BCUT2D eigenvalue weighted by Crippen LogP contribution is 2.09. The molecular weight excluding hydrogens is 248 g/mol. The molecule has 1 aromatic rings. The molecule has 0 bridgehead atoms. The first-order valence-corrected chi connectivity index (χ1v) is 6.42. The summed E-state index contributed by atoms with van der Waals surface area (Å²) in [4.78, 5) is 6.45. The molecular formula is C11H20N6O2. The van der Waals surface area contributed by atoms with Crippen molar-refractivity contribution in [2.24, 2.45) is 10.9 Å². The summed E-state index contributed by atoms with van der Waals surface area (Å²) in [5, 5.41) is 15.9. The fraction of sp³-hybridized carbons (Fsp3) is 0.727. The van der Waals surface area contributed by atoms with Crippen LogP contribution in [-0.4, -0.2) is 56.5 Å². The zero-order valence-corrected chi connectivity index (χ0v) is 11.1. The minimum absolute atomic E-state index is 0.111. The summed E-state index contributed by atoms with van der Waals surface area (Å²) in [6.07, 6.45) is 2.24. The topological polar surface area (TPSA) is 102 Å². The molecule has 3 N–H and O–H groups in total. The molecule has 1 unspecified atom stereocenters. The number of amidine groups is 1. The number of hydrogen-bond acceptors (Lipinski definition) is 6. The van der Waals surface area contributed by atoms with Gasteiger partial charge in [-0.3, -0.25) is 4.90 Å². The van der Waals surface area contributed by atoms with Crippen molar-refractivity contribution in [3.05, 3.63) is 12.2 Å².